The van der Waals surface area contributed by atoms with Crippen molar-refractivity contribution in [1.82, 2.24) is 25.0 Å². The minimum absolute atomic E-state index is 0.154. The molecule has 0 aliphatic carbocycles. The topological polar surface area (TPSA) is 96.4 Å². The maximum atomic E-state index is 11.8. The quantitative estimate of drug-likeness (QED) is 0.754. The minimum atomic E-state index is -0.637. The fourth-order valence-electron chi connectivity index (χ4n) is 2.14. The van der Waals surface area contributed by atoms with Crippen LogP contribution in [0.3, 0.4) is 0 Å². The van der Waals surface area contributed by atoms with Crippen LogP contribution in [0.4, 0.5) is 0 Å². The molecule has 2 heterocycles. The Hall–Kier alpha value is -2.32. The second-order valence-electron chi connectivity index (χ2n) is 4.81. The van der Waals surface area contributed by atoms with Gasteiger partial charge < -0.3 is 0 Å². The van der Waals surface area contributed by atoms with Crippen molar-refractivity contribution in [2.45, 2.75) is 23.8 Å². The Kier molecular flexibility index (Phi) is 4.10. The van der Waals surface area contributed by atoms with Crippen LogP contribution in [0.25, 0.3) is 5.69 Å². The molecular formula is C14H12ClN5O2S. The molecule has 23 heavy (non-hydrogen) atoms. The first-order valence-electron chi connectivity index (χ1n) is 6.64. The number of hydrogen-bond donors (Lipinski definition) is 2. The van der Waals surface area contributed by atoms with E-state index in [4.69, 9.17) is 11.6 Å². The molecule has 0 bridgehead atoms. The molecule has 0 saturated carbocycles. The van der Waals surface area contributed by atoms with Crippen LogP contribution in [0.5, 0.6) is 0 Å². The molecule has 7 nitrogen and oxygen atoms in total. The van der Waals surface area contributed by atoms with Crippen LogP contribution in [-0.2, 0) is 0 Å². The van der Waals surface area contributed by atoms with E-state index in [1.54, 1.807) is 16.8 Å². The van der Waals surface area contributed by atoms with Gasteiger partial charge in [-0.15, -0.1) is 0 Å². The average Bonchev–Trinajstić information content (AvgIpc) is 2.78. The van der Waals surface area contributed by atoms with E-state index in [-0.39, 0.29) is 5.03 Å². The number of halogens is 1. The van der Waals surface area contributed by atoms with Crippen molar-refractivity contribution in [2.24, 2.45) is 0 Å². The second-order valence-corrected chi connectivity index (χ2v) is 6.24. The zero-order chi connectivity index (χ0) is 16.6. The molecule has 1 aromatic carbocycles. The van der Waals surface area contributed by atoms with Gasteiger partial charge in [0.25, 0.3) is 5.56 Å². The van der Waals surface area contributed by atoms with Crippen LogP contribution in [0.2, 0.25) is 5.02 Å². The molecule has 9 heteroatoms. The van der Waals surface area contributed by atoms with Crippen molar-refractivity contribution in [1.29, 1.82) is 0 Å². The number of benzene rings is 1. The van der Waals surface area contributed by atoms with Gasteiger partial charge >= 0.3 is 5.69 Å². The molecule has 2 N–H and O–H groups in total. The monoisotopic (exact) mass is 349 g/mol. The number of rotatable bonds is 3. The van der Waals surface area contributed by atoms with Crippen LogP contribution in [0.1, 0.15) is 11.4 Å². The van der Waals surface area contributed by atoms with E-state index < -0.39 is 11.2 Å². The van der Waals surface area contributed by atoms with Gasteiger partial charge in [-0.2, -0.15) is 10.2 Å². The van der Waals surface area contributed by atoms with Gasteiger partial charge in [0.2, 0.25) is 0 Å². The number of H-pyrrole nitrogens is 2. The Morgan fingerprint density at radius 2 is 2.04 bits per heavy atom. The van der Waals surface area contributed by atoms with Crippen LogP contribution >= 0.6 is 23.4 Å². The molecule has 2 aromatic heterocycles. The zero-order valence-corrected chi connectivity index (χ0v) is 13.8. The molecule has 0 amide bonds. The smallest absolute Gasteiger partial charge is 0.271 e. The maximum Gasteiger partial charge on any atom is 0.342 e. The predicted molar refractivity (Wildman–Crippen MR) is 87.6 cm³/mol. The number of nitrogens with zero attached hydrogens (tertiary/aromatic N) is 3. The molecule has 0 unspecified atom stereocenters. The first kappa shape index (κ1) is 15.6. The van der Waals surface area contributed by atoms with Crippen molar-refractivity contribution < 1.29 is 0 Å². The molecule has 0 fully saturated rings. The summed E-state index contributed by atoms with van der Waals surface area (Å²) < 4.78 is 1.75. The Balaban J connectivity index is 2.04. The van der Waals surface area contributed by atoms with Crippen LogP contribution in [0.15, 0.2) is 43.8 Å². The predicted octanol–water partition coefficient (Wildman–Crippen LogP) is 2.07. The molecule has 0 spiro atoms. The van der Waals surface area contributed by atoms with Gasteiger partial charge in [-0.25, -0.2) is 14.6 Å². The maximum absolute atomic E-state index is 11.8. The van der Waals surface area contributed by atoms with Gasteiger partial charge in [0.05, 0.1) is 22.0 Å². The fourth-order valence-corrected chi connectivity index (χ4v) is 3.17. The van der Waals surface area contributed by atoms with Crippen molar-refractivity contribution in [3.05, 3.63) is 61.5 Å². The second kappa shape index (κ2) is 6.05. The molecule has 0 radical (unpaired) electrons. The third-order valence-electron chi connectivity index (χ3n) is 3.16. The van der Waals surface area contributed by atoms with E-state index >= 15 is 0 Å². The van der Waals surface area contributed by atoms with Gasteiger partial charge in [0.15, 0.2) is 5.03 Å². The Morgan fingerprint density at radius 1 is 1.26 bits per heavy atom. The largest absolute Gasteiger partial charge is 0.342 e. The van der Waals surface area contributed by atoms with Crippen LogP contribution < -0.4 is 11.2 Å². The number of nitrogens with one attached hydrogen (secondary N) is 2. The van der Waals surface area contributed by atoms with Gasteiger partial charge in [0, 0.05) is 5.02 Å². The van der Waals surface area contributed by atoms with E-state index in [0.717, 1.165) is 33.7 Å². The summed E-state index contributed by atoms with van der Waals surface area (Å²) in [6.45, 7) is 3.74. The first-order chi connectivity index (χ1) is 11.0. The van der Waals surface area contributed by atoms with Crippen molar-refractivity contribution in [3.63, 3.8) is 0 Å². The summed E-state index contributed by atoms with van der Waals surface area (Å²) in [5, 5.41) is 11.3. The number of hydrogen-bond acceptors (Lipinski definition) is 5. The lowest BCUT2D eigenvalue weighted by atomic mass is 10.3. The summed E-state index contributed by atoms with van der Waals surface area (Å²) in [7, 11) is 0. The SMILES string of the molecule is Cc1nn(-c2cccc(Cl)c2)c(C)c1Sc1n[nH]c(=O)[nH]c1=O. The third kappa shape index (κ3) is 3.08. The molecule has 0 aliphatic heterocycles. The molecular weight excluding hydrogens is 338 g/mol. The highest BCUT2D eigenvalue weighted by atomic mass is 35.5. The number of aromatic amines is 2. The highest BCUT2D eigenvalue weighted by Gasteiger charge is 2.16. The summed E-state index contributed by atoms with van der Waals surface area (Å²) in [5.74, 6) is 0. The minimum Gasteiger partial charge on any atom is -0.271 e. The van der Waals surface area contributed by atoms with Gasteiger partial charge in [-0.05, 0) is 32.0 Å². The molecule has 0 aliphatic rings. The van der Waals surface area contributed by atoms with Gasteiger partial charge in [0.1, 0.15) is 0 Å². The number of aromatic nitrogens is 5. The lowest BCUT2D eigenvalue weighted by molar-refractivity contribution is 0.806. The van der Waals surface area contributed by atoms with E-state index in [1.165, 1.54) is 0 Å². The molecule has 0 atom stereocenters. The third-order valence-corrected chi connectivity index (χ3v) is 4.66. The molecule has 118 valence electrons. The highest BCUT2D eigenvalue weighted by Crippen LogP contribution is 2.31. The standard InChI is InChI=1S/C14H12ClN5O2S/c1-7-11(23-13-12(21)16-14(22)18-17-13)8(2)20(19-7)10-5-3-4-9(15)6-10/h3-6H,1-2H3,(H2,16,18,21,22). The molecule has 3 aromatic rings. The summed E-state index contributed by atoms with van der Waals surface area (Å²) >= 11 is 7.18. The summed E-state index contributed by atoms with van der Waals surface area (Å²) in [4.78, 5) is 25.8. The van der Waals surface area contributed by atoms with Crippen LogP contribution in [0, 0.1) is 13.8 Å². The Labute approximate surface area is 139 Å². The lowest BCUT2D eigenvalue weighted by Crippen LogP contribution is -2.24. The Morgan fingerprint density at radius 3 is 2.74 bits per heavy atom. The van der Waals surface area contributed by atoms with E-state index in [1.807, 2.05) is 26.0 Å². The first-order valence-corrected chi connectivity index (χ1v) is 7.84. The van der Waals surface area contributed by atoms with E-state index in [0.29, 0.717) is 5.02 Å². The van der Waals surface area contributed by atoms with Gasteiger partial charge in [-0.1, -0.05) is 29.4 Å². The normalized spacial score (nSPS) is 10.9. The summed E-state index contributed by atoms with van der Waals surface area (Å²) in [6.07, 6.45) is 0. The molecule has 0 saturated heterocycles. The lowest BCUT2D eigenvalue weighted by Gasteiger charge is -2.05. The van der Waals surface area contributed by atoms with Gasteiger partial charge in [-0.3, -0.25) is 9.78 Å². The summed E-state index contributed by atoms with van der Waals surface area (Å²) in [6, 6.07) is 7.33. The van der Waals surface area contributed by atoms with E-state index in [9.17, 15) is 9.59 Å². The zero-order valence-electron chi connectivity index (χ0n) is 12.3. The number of aryl methyl sites for hydroxylation is 1. The van der Waals surface area contributed by atoms with Crippen molar-refractivity contribution >= 4 is 23.4 Å². The van der Waals surface area contributed by atoms with Crippen LogP contribution in [-0.4, -0.2) is 25.0 Å². The fraction of sp³-hybridized carbons (Fsp3) is 0.143. The Bertz CT molecular complexity index is 991. The summed E-state index contributed by atoms with van der Waals surface area (Å²) in [5.41, 5.74) is 1.26. The van der Waals surface area contributed by atoms with E-state index in [2.05, 4.69) is 20.3 Å². The van der Waals surface area contributed by atoms with Crippen molar-refractivity contribution in [2.75, 3.05) is 0 Å². The average molecular weight is 350 g/mol. The highest BCUT2D eigenvalue weighted by molar-refractivity contribution is 7.99. The van der Waals surface area contributed by atoms with Crippen molar-refractivity contribution in [3.8, 4) is 5.69 Å². The molecule has 3 rings (SSSR count).